The van der Waals surface area contributed by atoms with Crippen LogP contribution in [0.2, 0.25) is 5.02 Å². The van der Waals surface area contributed by atoms with Crippen LogP contribution >= 0.6 is 11.6 Å². The van der Waals surface area contributed by atoms with Crippen molar-refractivity contribution in [3.05, 3.63) is 100.0 Å². The van der Waals surface area contributed by atoms with Crippen LogP contribution in [0.3, 0.4) is 0 Å². The summed E-state index contributed by atoms with van der Waals surface area (Å²) in [6.07, 6.45) is 2.59. The van der Waals surface area contributed by atoms with Crippen LogP contribution in [-0.4, -0.2) is 90.9 Å². The molecule has 1 amide bonds. The van der Waals surface area contributed by atoms with Crippen LogP contribution in [-0.2, 0) is 24.3 Å². The Morgan fingerprint density at radius 2 is 1.81 bits per heavy atom. The maximum absolute atomic E-state index is 13.2. The van der Waals surface area contributed by atoms with E-state index in [9.17, 15) is 4.79 Å². The molecule has 4 heterocycles. The molecular weight excluding hydrogens is 626 g/mol. The van der Waals surface area contributed by atoms with Crippen molar-refractivity contribution in [1.29, 1.82) is 0 Å². The van der Waals surface area contributed by atoms with Gasteiger partial charge in [-0.15, -0.1) is 0 Å². The summed E-state index contributed by atoms with van der Waals surface area (Å²) in [5.41, 5.74) is 4.02. The summed E-state index contributed by atoms with van der Waals surface area (Å²) in [7, 11) is 2.13. The molecule has 0 aliphatic carbocycles. The van der Waals surface area contributed by atoms with Gasteiger partial charge in [-0.25, -0.2) is 11.4 Å². The minimum absolute atomic E-state index is 0.178. The lowest BCUT2D eigenvalue weighted by atomic mass is 10.0. The lowest BCUT2D eigenvalue weighted by Gasteiger charge is -2.40. The van der Waals surface area contributed by atoms with Crippen LogP contribution in [0.1, 0.15) is 29.7 Å². The summed E-state index contributed by atoms with van der Waals surface area (Å²) in [6.45, 7) is 12.4. The van der Waals surface area contributed by atoms with E-state index in [1.165, 1.54) is 0 Å². The molecule has 0 spiro atoms. The molecule has 0 bridgehead atoms. The van der Waals surface area contributed by atoms with Crippen molar-refractivity contribution in [2.24, 2.45) is 0 Å². The number of benzene rings is 3. The third-order valence-electron chi connectivity index (χ3n) is 9.80. The lowest BCUT2D eigenvalue weighted by molar-refractivity contribution is 0.0788. The average Bonchev–Trinajstić information content (AvgIpc) is 3.53. The Hall–Kier alpha value is -4.59. The second-order valence-corrected chi connectivity index (χ2v) is 13.2. The molecule has 2 fully saturated rings. The Bertz CT molecular complexity index is 1810. The highest BCUT2D eigenvalue weighted by atomic mass is 35.5. The third-order valence-corrected chi connectivity index (χ3v) is 10.1. The van der Waals surface area contributed by atoms with Gasteiger partial charge in [0.1, 0.15) is 25.1 Å². The molecule has 3 aliphatic heterocycles. The minimum Gasteiger partial charge on any atom is -0.462 e. The molecule has 0 saturated carbocycles. The SMILES string of the molecule is [C-]#[N+]C[C@H]1CN(c2nc(OC[C@@H]3CCCN3C)nc3c2CCN(c2cccc4cccc(Cl)c24)C3)CCN1C(=O)OCc1ccccc1. The van der Waals surface area contributed by atoms with Crippen LogP contribution in [0, 0.1) is 6.57 Å². The molecule has 0 unspecified atom stereocenters. The van der Waals surface area contributed by atoms with Gasteiger partial charge in [-0.3, -0.25) is 4.90 Å². The van der Waals surface area contributed by atoms with E-state index in [4.69, 9.17) is 37.6 Å². The minimum atomic E-state index is -0.397. The highest BCUT2D eigenvalue weighted by Crippen LogP contribution is 2.37. The Morgan fingerprint density at radius 3 is 2.60 bits per heavy atom. The zero-order valence-corrected chi connectivity index (χ0v) is 28.0. The first kappa shape index (κ1) is 32.0. The summed E-state index contributed by atoms with van der Waals surface area (Å²) in [5, 5.41) is 2.87. The molecule has 3 aliphatic rings. The largest absolute Gasteiger partial charge is 0.462 e. The summed E-state index contributed by atoms with van der Waals surface area (Å²) in [4.78, 5) is 35.5. The first-order chi connectivity index (χ1) is 23.5. The van der Waals surface area contributed by atoms with Crippen LogP contribution < -0.4 is 14.5 Å². The Morgan fingerprint density at radius 1 is 0.979 bits per heavy atom. The van der Waals surface area contributed by atoms with Crippen LogP contribution in [0.15, 0.2) is 66.7 Å². The molecule has 2 saturated heterocycles. The molecule has 3 aromatic carbocycles. The molecule has 7 rings (SSSR count). The fourth-order valence-electron chi connectivity index (χ4n) is 7.17. The quantitative estimate of drug-likeness (QED) is 0.210. The maximum Gasteiger partial charge on any atom is 0.410 e. The van der Waals surface area contributed by atoms with Gasteiger partial charge in [-0.05, 0) is 55.9 Å². The number of carbonyl (C=O) groups is 1. The number of anilines is 2. The van der Waals surface area contributed by atoms with E-state index in [1.807, 2.05) is 42.5 Å². The standard InChI is InChI=1S/C37H40ClN7O3/c1-39-21-29-22-44(19-20-45(29)37(46)48-24-26-9-4-3-5-10-26)35-30-16-18-43(33-15-7-12-27-11-6-14-31(38)34(27)33)23-32(30)40-36(41-35)47-25-28-13-8-17-42(28)2/h3-7,9-12,14-15,28-29H,8,13,16-25H2,2H3/t28-,29-/m0/s1. The van der Waals surface area contributed by atoms with Crippen molar-refractivity contribution in [2.75, 3.05) is 62.7 Å². The van der Waals surface area contributed by atoms with Crippen molar-refractivity contribution in [3.8, 4) is 6.01 Å². The zero-order valence-electron chi connectivity index (χ0n) is 27.2. The van der Waals surface area contributed by atoms with Crippen molar-refractivity contribution < 1.29 is 14.3 Å². The first-order valence-electron chi connectivity index (χ1n) is 16.7. The zero-order chi connectivity index (χ0) is 33.0. The number of piperazine rings is 1. The van der Waals surface area contributed by atoms with Crippen LogP contribution in [0.4, 0.5) is 16.3 Å². The number of halogens is 1. The van der Waals surface area contributed by atoms with Gasteiger partial charge in [0.15, 0.2) is 0 Å². The molecule has 1 aromatic heterocycles. The molecular formula is C37H40ClN7O3. The van der Waals surface area contributed by atoms with Crippen molar-refractivity contribution in [3.63, 3.8) is 0 Å². The molecule has 0 N–H and O–H groups in total. The Balaban J connectivity index is 1.16. The van der Waals surface area contributed by atoms with Crippen LogP contribution in [0.25, 0.3) is 15.6 Å². The number of amides is 1. The molecule has 11 heteroatoms. The normalized spacial score (nSPS) is 19.6. The van der Waals surface area contributed by atoms with E-state index >= 15 is 0 Å². The Labute approximate surface area is 286 Å². The van der Waals surface area contributed by atoms with Gasteiger partial charge >= 0.3 is 12.1 Å². The number of rotatable bonds is 8. The van der Waals surface area contributed by atoms with Gasteiger partial charge in [0.25, 0.3) is 0 Å². The summed E-state index contributed by atoms with van der Waals surface area (Å²) < 4.78 is 12.0. The van der Waals surface area contributed by atoms with Crippen LogP contribution in [0.5, 0.6) is 6.01 Å². The second kappa shape index (κ2) is 14.3. The molecule has 0 radical (unpaired) electrons. The van der Waals surface area contributed by atoms with E-state index in [1.54, 1.807) is 4.90 Å². The van der Waals surface area contributed by atoms with E-state index in [0.29, 0.717) is 44.8 Å². The molecule has 2 atom stereocenters. The van der Waals surface area contributed by atoms with Gasteiger partial charge in [-0.2, -0.15) is 9.97 Å². The average molecular weight is 666 g/mol. The number of carbonyl (C=O) groups excluding carboxylic acids is 1. The fraction of sp³-hybridized carbons (Fsp3) is 0.405. The van der Waals surface area contributed by atoms with E-state index < -0.39 is 6.09 Å². The van der Waals surface area contributed by atoms with Crippen molar-refractivity contribution >= 4 is 40.0 Å². The maximum atomic E-state index is 13.2. The smallest absolute Gasteiger partial charge is 0.410 e. The third kappa shape index (κ3) is 6.71. The molecule has 248 valence electrons. The number of nitrogens with zero attached hydrogens (tertiary/aromatic N) is 7. The number of likely N-dealkylation sites (tertiary alicyclic amines) is 1. The number of likely N-dealkylation sites (N-methyl/N-ethyl adjacent to an activating group) is 1. The van der Waals surface area contributed by atoms with Gasteiger partial charge in [0.05, 0.1) is 17.3 Å². The summed E-state index contributed by atoms with van der Waals surface area (Å²) in [6, 6.07) is 22.3. The highest BCUT2D eigenvalue weighted by molar-refractivity contribution is 6.36. The highest BCUT2D eigenvalue weighted by Gasteiger charge is 2.36. The molecule has 48 heavy (non-hydrogen) atoms. The number of hydrogen-bond acceptors (Lipinski definition) is 8. The summed E-state index contributed by atoms with van der Waals surface area (Å²) in [5.74, 6) is 0.831. The van der Waals surface area contributed by atoms with E-state index in [0.717, 1.165) is 76.5 Å². The number of ether oxygens (including phenoxy) is 2. The number of aromatic nitrogens is 2. The predicted molar refractivity (Wildman–Crippen MR) is 188 cm³/mol. The van der Waals surface area contributed by atoms with Gasteiger partial charge < -0.3 is 29.0 Å². The number of fused-ring (bicyclic) bond motifs is 2. The van der Waals surface area contributed by atoms with Gasteiger partial charge in [0, 0.05) is 48.9 Å². The second-order valence-electron chi connectivity index (χ2n) is 12.8. The van der Waals surface area contributed by atoms with E-state index in [2.05, 4.69) is 50.9 Å². The summed E-state index contributed by atoms with van der Waals surface area (Å²) >= 11 is 6.73. The topological polar surface area (TPSA) is 78.6 Å². The van der Waals surface area contributed by atoms with Gasteiger partial charge in [0.2, 0.25) is 6.54 Å². The lowest BCUT2D eigenvalue weighted by Crippen LogP contribution is -2.57. The molecule has 10 nitrogen and oxygen atoms in total. The first-order valence-corrected chi connectivity index (χ1v) is 17.1. The van der Waals surface area contributed by atoms with Crippen molar-refractivity contribution in [2.45, 2.75) is 44.5 Å². The fourth-order valence-corrected chi connectivity index (χ4v) is 7.45. The number of hydrogen-bond donors (Lipinski definition) is 0. The van der Waals surface area contributed by atoms with Crippen molar-refractivity contribution in [1.82, 2.24) is 19.8 Å². The van der Waals surface area contributed by atoms with Gasteiger partial charge in [-0.1, -0.05) is 66.2 Å². The van der Waals surface area contributed by atoms with E-state index in [-0.39, 0.29) is 19.2 Å². The predicted octanol–water partition coefficient (Wildman–Crippen LogP) is 6.07. The molecule has 4 aromatic rings. The monoisotopic (exact) mass is 665 g/mol. The Kier molecular flexibility index (Phi) is 9.50.